The maximum atomic E-state index is 5.84. The maximum absolute atomic E-state index is 5.84. The van der Waals surface area contributed by atoms with Crippen LogP contribution in [0.5, 0.6) is 0 Å². The Balaban J connectivity index is 1.84. The molecular formula is C16H18N4S. The molecule has 1 aliphatic rings. The Morgan fingerprint density at radius 3 is 2.95 bits per heavy atom. The number of nitrogens with two attached hydrogens (primary N) is 1. The van der Waals surface area contributed by atoms with Crippen LogP contribution in [0.2, 0.25) is 0 Å². The van der Waals surface area contributed by atoms with Gasteiger partial charge in [-0.2, -0.15) is 0 Å². The minimum Gasteiger partial charge on any atom is -0.389 e. The average Bonchev–Trinajstić information content (AvgIpc) is 2.92. The fraction of sp³-hybridized carbons (Fsp3) is 0.312. The molecule has 0 amide bonds. The molecule has 0 saturated heterocycles. The number of fused-ring (bicyclic) bond motifs is 1. The highest BCUT2D eigenvalue weighted by atomic mass is 32.1. The van der Waals surface area contributed by atoms with Crippen LogP contribution in [0.1, 0.15) is 34.5 Å². The van der Waals surface area contributed by atoms with Crippen LogP contribution in [0.3, 0.4) is 0 Å². The van der Waals surface area contributed by atoms with Crippen molar-refractivity contribution in [3.05, 3.63) is 52.5 Å². The zero-order chi connectivity index (χ0) is 14.8. The van der Waals surface area contributed by atoms with E-state index in [9.17, 15) is 0 Å². The monoisotopic (exact) mass is 298 g/mol. The molecule has 0 spiro atoms. The van der Waals surface area contributed by atoms with Crippen LogP contribution in [0.15, 0.2) is 24.4 Å². The molecule has 0 atom stereocenters. The van der Waals surface area contributed by atoms with E-state index >= 15 is 0 Å². The first-order valence-corrected chi connectivity index (χ1v) is 7.52. The van der Waals surface area contributed by atoms with Gasteiger partial charge in [-0.05, 0) is 49.4 Å². The molecule has 1 aliphatic carbocycles. The summed E-state index contributed by atoms with van der Waals surface area (Å²) in [6, 6.07) is 6.15. The van der Waals surface area contributed by atoms with Crippen LogP contribution in [0.4, 0.5) is 5.82 Å². The molecular weight excluding hydrogens is 280 g/mol. The fourth-order valence-corrected chi connectivity index (χ4v) is 2.74. The van der Waals surface area contributed by atoms with Gasteiger partial charge in [0.1, 0.15) is 10.8 Å². The van der Waals surface area contributed by atoms with Gasteiger partial charge in [-0.25, -0.2) is 4.98 Å². The lowest BCUT2D eigenvalue weighted by atomic mass is 10.1. The first kappa shape index (κ1) is 13.9. The van der Waals surface area contributed by atoms with E-state index in [1.807, 2.05) is 19.2 Å². The predicted octanol–water partition coefficient (Wildman–Crippen LogP) is 2.52. The zero-order valence-electron chi connectivity index (χ0n) is 12.0. The third-order valence-corrected chi connectivity index (χ3v) is 3.97. The second kappa shape index (κ2) is 5.77. The average molecular weight is 298 g/mol. The van der Waals surface area contributed by atoms with Crippen molar-refractivity contribution in [1.82, 2.24) is 9.97 Å². The summed E-state index contributed by atoms with van der Waals surface area (Å²) < 4.78 is 0. The number of hydrogen-bond donors (Lipinski definition) is 2. The largest absolute Gasteiger partial charge is 0.389 e. The molecule has 21 heavy (non-hydrogen) atoms. The number of nitrogens with one attached hydrogen (secondary N) is 1. The van der Waals surface area contributed by atoms with E-state index in [0.717, 1.165) is 41.9 Å². The number of aromatic nitrogens is 2. The van der Waals surface area contributed by atoms with Crippen LogP contribution >= 0.6 is 12.2 Å². The van der Waals surface area contributed by atoms with Crippen LogP contribution in [0, 0.1) is 6.92 Å². The van der Waals surface area contributed by atoms with Crippen LogP contribution < -0.4 is 11.1 Å². The molecule has 5 heteroatoms. The van der Waals surface area contributed by atoms with Crippen LogP contribution in [-0.4, -0.2) is 15.0 Å². The van der Waals surface area contributed by atoms with E-state index in [2.05, 4.69) is 22.4 Å². The molecule has 3 N–H and O–H groups in total. The predicted molar refractivity (Wildman–Crippen MR) is 88.5 cm³/mol. The highest BCUT2D eigenvalue weighted by Crippen LogP contribution is 2.25. The number of hydrogen-bond acceptors (Lipinski definition) is 4. The number of thiocarbonyl (C=S) groups is 1. The van der Waals surface area contributed by atoms with Crippen molar-refractivity contribution in [3.63, 3.8) is 0 Å². The van der Waals surface area contributed by atoms with Gasteiger partial charge in [-0.3, -0.25) is 4.98 Å². The minimum absolute atomic E-state index is 0.390. The van der Waals surface area contributed by atoms with Crippen molar-refractivity contribution in [2.75, 3.05) is 5.32 Å². The molecule has 0 bridgehead atoms. The summed E-state index contributed by atoms with van der Waals surface area (Å²) in [7, 11) is 0. The van der Waals surface area contributed by atoms with Gasteiger partial charge in [0.2, 0.25) is 0 Å². The van der Waals surface area contributed by atoms with E-state index < -0.39 is 0 Å². The van der Waals surface area contributed by atoms with E-state index in [0.29, 0.717) is 11.5 Å². The summed E-state index contributed by atoms with van der Waals surface area (Å²) >= 11 is 5.15. The fourth-order valence-electron chi connectivity index (χ4n) is 2.58. The summed E-state index contributed by atoms with van der Waals surface area (Å²) in [5.41, 5.74) is 11.2. The molecule has 0 fully saturated rings. The summed E-state index contributed by atoms with van der Waals surface area (Å²) in [4.78, 5) is 9.39. The van der Waals surface area contributed by atoms with E-state index in [4.69, 9.17) is 22.9 Å². The summed E-state index contributed by atoms with van der Waals surface area (Å²) in [5.74, 6) is 0.781. The molecule has 0 radical (unpaired) electrons. The Hall–Kier alpha value is -2.01. The van der Waals surface area contributed by atoms with Gasteiger partial charge in [0.05, 0.1) is 5.56 Å². The molecule has 2 heterocycles. The lowest BCUT2D eigenvalue weighted by Gasteiger charge is -2.12. The molecule has 0 unspecified atom stereocenters. The second-order valence-corrected chi connectivity index (χ2v) is 5.81. The highest BCUT2D eigenvalue weighted by Gasteiger charge is 2.17. The standard InChI is InChI=1S/C16H18N4S/c1-10-5-6-11(8-18-10)9-19-16-13(15(17)21)7-12-3-2-4-14(12)20-16/h5-8H,2-4,9H2,1H3,(H2,17,21)(H,19,20). The van der Waals surface area contributed by atoms with E-state index in [1.54, 1.807) is 0 Å². The Morgan fingerprint density at radius 1 is 1.38 bits per heavy atom. The van der Waals surface area contributed by atoms with Gasteiger partial charge in [0.15, 0.2) is 0 Å². The van der Waals surface area contributed by atoms with Gasteiger partial charge in [0.25, 0.3) is 0 Å². The highest BCUT2D eigenvalue weighted by molar-refractivity contribution is 7.80. The normalized spacial score (nSPS) is 13.0. The number of nitrogens with zero attached hydrogens (tertiary/aromatic N) is 2. The number of aryl methyl sites for hydroxylation is 3. The Morgan fingerprint density at radius 2 is 2.24 bits per heavy atom. The zero-order valence-corrected chi connectivity index (χ0v) is 12.8. The Kier molecular flexibility index (Phi) is 3.84. The third-order valence-electron chi connectivity index (χ3n) is 3.75. The summed E-state index contributed by atoms with van der Waals surface area (Å²) in [6.45, 7) is 2.64. The number of rotatable bonds is 4. The molecule has 2 aromatic heterocycles. The molecule has 3 rings (SSSR count). The smallest absolute Gasteiger partial charge is 0.136 e. The molecule has 0 aromatic carbocycles. The lowest BCUT2D eigenvalue weighted by molar-refractivity contribution is 0.899. The van der Waals surface area contributed by atoms with Crippen molar-refractivity contribution in [3.8, 4) is 0 Å². The van der Waals surface area contributed by atoms with Gasteiger partial charge in [-0.1, -0.05) is 18.3 Å². The number of pyridine rings is 2. The first-order chi connectivity index (χ1) is 10.1. The molecule has 108 valence electrons. The van der Waals surface area contributed by atoms with E-state index in [-0.39, 0.29) is 0 Å². The summed E-state index contributed by atoms with van der Waals surface area (Å²) in [5, 5.41) is 3.34. The van der Waals surface area contributed by atoms with Gasteiger partial charge < -0.3 is 11.1 Å². The van der Waals surface area contributed by atoms with Crippen molar-refractivity contribution < 1.29 is 0 Å². The molecule has 0 aliphatic heterocycles. The van der Waals surface area contributed by atoms with Crippen molar-refractivity contribution in [2.45, 2.75) is 32.7 Å². The molecule has 4 nitrogen and oxygen atoms in total. The third kappa shape index (κ3) is 3.03. The molecule has 2 aromatic rings. The summed E-state index contributed by atoms with van der Waals surface area (Å²) in [6.07, 6.45) is 5.13. The van der Waals surface area contributed by atoms with Gasteiger partial charge >= 0.3 is 0 Å². The maximum Gasteiger partial charge on any atom is 0.136 e. The minimum atomic E-state index is 0.390. The number of anilines is 1. The first-order valence-electron chi connectivity index (χ1n) is 7.11. The van der Waals surface area contributed by atoms with Gasteiger partial charge in [0, 0.05) is 24.1 Å². The Bertz CT molecular complexity index is 679. The van der Waals surface area contributed by atoms with Crippen molar-refractivity contribution in [1.29, 1.82) is 0 Å². The van der Waals surface area contributed by atoms with Crippen LogP contribution in [-0.2, 0) is 19.4 Å². The van der Waals surface area contributed by atoms with E-state index in [1.165, 1.54) is 11.3 Å². The van der Waals surface area contributed by atoms with Crippen molar-refractivity contribution >= 4 is 23.0 Å². The van der Waals surface area contributed by atoms with Crippen molar-refractivity contribution in [2.24, 2.45) is 5.73 Å². The van der Waals surface area contributed by atoms with Crippen LogP contribution in [0.25, 0.3) is 0 Å². The Labute approximate surface area is 129 Å². The topological polar surface area (TPSA) is 63.8 Å². The molecule has 0 saturated carbocycles. The lowest BCUT2D eigenvalue weighted by Crippen LogP contribution is -2.15. The second-order valence-electron chi connectivity index (χ2n) is 5.37. The SMILES string of the molecule is Cc1ccc(CNc2nc3c(cc2C(N)=S)CCC3)cn1. The van der Waals surface area contributed by atoms with Gasteiger partial charge in [-0.15, -0.1) is 0 Å². The quantitative estimate of drug-likeness (QED) is 0.849.